The zero-order chi connectivity index (χ0) is 18.1. The number of nitrogens with one attached hydrogen (secondary N) is 1. The average molecular weight is 354 g/mol. The van der Waals surface area contributed by atoms with Crippen molar-refractivity contribution >= 4 is 23.2 Å². The van der Waals surface area contributed by atoms with Gasteiger partial charge in [0, 0.05) is 5.69 Å². The fourth-order valence-electron chi connectivity index (χ4n) is 3.85. The van der Waals surface area contributed by atoms with E-state index in [2.05, 4.69) is 17.0 Å². The summed E-state index contributed by atoms with van der Waals surface area (Å²) in [5.41, 5.74) is 1.64. The Morgan fingerprint density at radius 1 is 0.885 bits per heavy atom. The van der Waals surface area contributed by atoms with Gasteiger partial charge in [0.2, 0.25) is 5.91 Å². The highest BCUT2D eigenvalue weighted by molar-refractivity contribution is 6.21. The lowest BCUT2D eigenvalue weighted by molar-refractivity contribution is -0.915. The summed E-state index contributed by atoms with van der Waals surface area (Å²) in [5.74, 6) is -0.763. The summed E-state index contributed by atoms with van der Waals surface area (Å²) < 4.78 is 13.1. The summed E-state index contributed by atoms with van der Waals surface area (Å²) in [5, 5.41) is 0. The molecule has 6 heteroatoms. The molecule has 5 nitrogen and oxygen atoms in total. The molecular weight excluding hydrogens is 333 g/mol. The Morgan fingerprint density at radius 3 is 2.19 bits per heavy atom. The number of piperazine rings is 1. The molecular formula is C20H21FN3O2+. The van der Waals surface area contributed by atoms with Gasteiger partial charge in [-0.25, -0.2) is 9.29 Å². The van der Waals surface area contributed by atoms with Crippen LogP contribution in [0.1, 0.15) is 6.42 Å². The molecule has 0 aromatic heterocycles. The van der Waals surface area contributed by atoms with Gasteiger partial charge in [0.25, 0.3) is 5.91 Å². The topological polar surface area (TPSA) is 45.1 Å². The number of hydrogen-bond donors (Lipinski definition) is 1. The third-order valence-electron chi connectivity index (χ3n) is 5.25. The van der Waals surface area contributed by atoms with E-state index in [9.17, 15) is 14.0 Å². The Balaban J connectivity index is 1.44. The van der Waals surface area contributed by atoms with Crippen molar-refractivity contribution in [2.24, 2.45) is 0 Å². The van der Waals surface area contributed by atoms with E-state index in [1.54, 1.807) is 0 Å². The highest BCUT2D eigenvalue weighted by Crippen LogP contribution is 2.22. The zero-order valence-corrected chi connectivity index (χ0v) is 14.4. The van der Waals surface area contributed by atoms with E-state index in [-0.39, 0.29) is 30.1 Å². The van der Waals surface area contributed by atoms with E-state index in [1.807, 2.05) is 18.2 Å². The number of amides is 2. The van der Waals surface area contributed by atoms with Crippen molar-refractivity contribution < 1.29 is 18.9 Å². The van der Waals surface area contributed by atoms with Crippen LogP contribution < -0.4 is 14.7 Å². The standard InChI is InChI=1S/C20H20FN3O2/c21-15-6-8-17(9-7-15)24-19(25)14-18(20(24)26)23-12-10-22(11-13-23)16-4-2-1-3-5-16/h1-9,18H,10-14H2/p+1. The van der Waals surface area contributed by atoms with Crippen molar-refractivity contribution in [2.75, 3.05) is 36.0 Å². The minimum absolute atomic E-state index is 0.176. The van der Waals surface area contributed by atoms with Gasteiger partial charge < -0.3 is 9.80 Å². The van der Waals surface area contributed by atoms with Crippen molar-refractivity contribution in [1.82, 2.24) is 0 Å². The first-order chi connectivity index (χ1) is 12.6. The molecule has 2 amide bonds. The van der Waals surface area contributed by atoms with Gasteiger partial charge in [0.05, 0.1) is 38.3 Å². The van der Waals surface area contributed by atoms with Gasteiger partial charge >= 0.3 is 0 Å². The van der Waals surface area contributed by atoms with Gasteiger partial charge in [-0.15, -0.1) is 0 Å². The van der Waals surface area contributed by atoms with Gasteiger partial charge in [-0.2, -0.15) is 0 Å². The Bertz CT molecular complexity index is 802. The number of anilines is 2. The van der Waals surface area contributed by atoms with Crippen molar-refractivity contribution in [3.05, 3.63) is 60.4 Å². The second-order valence-corrected chi connectivity index (χ2v) is 6.78. The normalized spacial score (nSPS) is 21.5. The molecule has 0 saturated carbocycles. The minimum Gasteiger partial charge on any atom is -0.360 e. The van der Waals surface area contributed by atoms with E-state index >= 15 is 0 Å². The fourth-order valence-corrected chi connectivity index (χ4v) is 3.85. The molecule has 0 bridgehead atoms. The first kappa shape index (κ1) is 16.7. The minimum atomic E-state index is -0.382. The molecule has 2 aromatic carbocycles. The number of benzene rings is 2. The Labute approximate surface area is 151 Å². The number of para-hydroxylation sites is 1. The first-order valence-electron chi connectivity index (χ1n) is 8.90. The summed E-state index contributed by atoms with van der Waals surface area (Å²) in [7, 11) is 0. The lowest BCUT2D eigenvalue weighted by Crippen LogP contribution is -3.19. The predicted octanol–water partition coefficient (Wildman–Crippen LogP) is 0.863. The number of hydrogen-bond acceptors (Lipinski definition) is 3. The molecule has 26 heavy (non-hydrogen) atoms. The molecule has 1 unspecified atom stereocenters. The second kappa shape index (κ2) is 6.88. The Morgan fingerprint density at radius 2 is 1.54 bits per heavy atom. The Hall–Kier alpha value is -2.73. The number of halogens is 1. The van der Waals surface area contributed by atoms with Gasteiger partial charge in [0.1, 0.15) is 5.82 Å². The molecule has 0 spiro atoms. The number of carbonyl (C=O) groups excluding carboxylic acids is 2. The number of imide groups is 1. The van der Waals surface area contributed by atoms with Crippen molar-refractivity contribution in [2.45, 2.75) is 12.5 Å². The average Bonchev–Trinajstić information content (AvgIpc) is 2.98. The van der Waals surface area contributed by atoms with Crippen LogP contribution in [-0.4, -0.2) is 44.0 Å². The lowest BCUT2D eigenvalue weighted by Gasteiger charge is -2.35. The van der Waals surface area contributed by atoms with Gasteiger partial charge in [-0.05, 0) is 36.4 Å². The fraction of sp³-hybridized carbons (Fsp3) is 0.300. The maximum Gasteiger partial charge on any atom is 0.292 e. The lowest BCUT2D eigenvalue weighted by atomic mass is 10.1. The van der Waals surface area contributed by atoms with Gasteiger partial charge in [0.15, 0.2) is 6.04 Å². The van der Waals surface area contributed by atoms with Crippen LogP contribution in [0.5, 0.6) is 0 Å². The molecule has 2 heterocycles. The summed E-state index contributed by atoms with van der Waals surface area (Å²) in [6, 6.07) is 15.4. The van der Waals surface area contributed by atoms with Crippen LogP contribution in [0.15, 0.2) is 54.6 Å². The van der Waals surface area contributed by atoms with Gasteiger partial charge in [-0.1, -0.05) is 18.2 Å². The summed E-state index contributed by atoms with van der Waals surface area (Å²) >= 11 is 0. The number of quaternary nitrogens is 1. The van der Waals surface area contributed by atoms with Crippen molar-refractivity contribution in [3.8, 4) is 0 Å². The zero-order valence-electron chi connectivity index (χ0n) is 14.4. The molecule has 2 aliphatic heterocycles. The smallest absolute Gasteiger partial charge is 0.292 e. The van der Waals surface area contributed by atoms with Crippen molar-refractivity contribution in [1.29, 1.82) is 0 Å². The van der Waals surface area contributed by atoms with E-state index < -0.39 is 0 Å². The summed E-state index contributed by atoms with van der Waals surface area (Å²) in [6.07, 6.45) is 0.219. The number of nitrogens with zero attached hydrogens (tertiary/aromatic N) is 2. The van der Waals surface area contributed by atoms with Crippen LogP contribution in [0.3, 0.4) is 0 Å². The second-order valence-electron chi connectivity index (χ2n) is 6.78. The quantitative estimate of drug-likeness (QED) is 0.832. The Kier molecular flexibility index (Phi) is 4.42. The molecule has 134 valence electrons. The number of carbonyl (C=O) groups is 2. The summed E-state index contributed by atoms with van der Waals surface area (Å²) in [6.45, 7) is 3.34. The third-order valence-corrected chi connectivity index (χ3v) is 5.25. The molecule has 0 aliphatic carbocycles. The maximum atomic E-state index is 13.1. The highest BCUT2D eigenvalue weighted by atomic mass is 19.1. The van der Waals surface area contributed by atoms with Crippen LogP contribution in [-0.2, 0) is 9.59 Å². The van der Waals surface area contributed by atoms with Crippen LogP contribution in [0.25, 0.3) is 0 Å². The molecule has 2 fully saturated rings. The van der Waals surface area contributed by atoms with E-state index in [0.717, 1.165) is 31.1 Å². The van der Waals surface area contributed by atoms with Crippen molar-refractivity contribution in [3.63, 3.8) is 0 Å². The molecule has 2 aromatic rings. The molecule has 4 rings (SSSR count). The van der Waals surface area contributed by atoms with Crippen LogP contribution in [0.4, 0.5) is 15.8 Å². The molecule has 2 aliphatic rings. The van der Waals surface area contributed by atoms with Gasteiger partial charge in [-0.3, -0.25) is 9.59 Å². The maximum absolute atomic E-state index is 13.1. The predicted molar refractivity (Wildman–Crippen MR) is 96.6 cm³/mol. The molecule has 1 atom stereocenters. The monoisotopic (exact) mass is 354 g/mol. The number of rotatable bonds is 3. The molecule has 1 N–H and O–H groups in total. The van der Waals surface area contributed by atoms with E-state index in [1.165, 1.54) is 34.9 Å². The van der Waals surface area contributed by atoms with Crippen LogP contribution in [0.2, 0.25) is 0 Å². The van der Waals surface area contributed by atoms with Crippen LogP contribution in [0, 0.1) is 5.82 Å². The van der Waals surface area contributed by atoms with Crippen LogP contribution >= 0.6 is 0 Å². The SMILES string of the molecule is O=C1CC([NH+]2CCN(c3ccccc3)CC2)C(=O)N1c1ccc(F)cc1. The largest absolute Gasteiger partial charge is 0.360 e. The molecule has 2 saturated heterocycles. The summed E-state index contributed by atoms with van der Waals surface area (Å²) in [4.78, 5) is 29.9. The third kappa shape index (κ3) is 3.08. The first-order valence-corrected chi connectivity index (χ1v) is 8.90. The van der Waals surface area contributed by atoms with E-state index in [4.69, 9.17) is 0 Å². The highest BCUT2D eigenvalue weighted by Gasteiger charge is 2.46. The molecule has 0 radical (unpaired) electrons. The van der Waals surface area contributed by atoms with E-state index in [0.29, 0.717) is 5.69 Å².